The predicted octanol–water partition coefficient (Wildman–Crippen LogP) is 4.37. The number of carbonyl (C=O) groups excluding carboxylic acids is 1. The van der Waals surface area contributed by atoms with Gasteiger partial charge in [0.2, 0.25) is 5.91 Å². The molecule has 28 heavy (non-hydrogen) atoms. The van der Waals surface area contributed by atoms with Crippen LogP contribution in [0.25, 0.3) is 0 Å². The smallest absolute Gasteiger partial charge is 0.239 e. The van der Waals surface area contributed by atoms with Crippen molar-refractivity contribution in [3.8, 4) is 11.5 Å². The predicted molar refractivity (Wildman–Crippen MR) is 108 cm³/mol. The van der Waals surface area contributed by atoms with Crippen molar-refractivity contribution in [2.75, 3.05) is 0 Å². The maximum absolute atomic E-state index is 13.2. The summed E-state index contributed by atoms with van der Waals surface area (Å²) in [5.41, 5.74) is 7.50. The van der Waals surface area contributed by atoms with Gasteiger partial charge in [-0.3, -0.25) is 10.1 Å². The minimum atomic E-state index is -0.535. The Hall–Kier alpha value is -3.18. The van der Waals surface area contributed by atoms with Crippen molar-refractivity contribution in [3.05, 3.63) is 95.8 Å². The number of halogens is 1. The third-order valence-corrected chi connectivity index (χ3v) is 4.37. The molecule has 5 heteroatoms. The molecule has 3 rings (SSSR count). The molecule has 2 unspecified atom stereocenters. The Bertz CT molecular complexity index is 913. The van der Waals surface area contributed by atoms with E-state index in [0.717, 1.165) is 17.5 Å². The van der Waals surface area contributed by atoms with Crippen LogP contribution in [0.15, 0.2) is 78.9 Å². The second-order valence-corrected chi connectivity index (χ2v) is 6.72. The molecule has 0 aliphatic carbocycles. The molecular formula is C23H23FN2O2. The normalized spacial score (nSPS) is 12.9. The molecule has 0 radical (unpaired) electrons. The fraction of sp³-hybridized carbons (Fsp3) is 0.174. The van der Waals surface area contributed by atoms with Crippen LogP contribution in [-0.2, 0) is 11.2 Å². The maximum Gasteiger partial charge on any atom is 0.239 e. The fourth-order valence-corrected chi connectivity index (χ4v) is 3.05. The van der Waals surface area contributed by atoms with Crippen LogP contribution in [0.3, 0.4) is 0 Å². The van der Waals surface area contributed by atoms with Crippen molar-refractivity contribution < 1.29 is 13.9 Å². The number of ether oxygens (including phenoxy) is 1. The Kier molecular flexibility index (Phi) is 6.40. The molecule has 0 spiro atoms. The van der Waals surface area contributed by atoms with Gasteiger partial charge in [-0.2, -0.15) is 0 Å². The molecule has 4 nitrogen and oxygen atoms in total. The molecule has 0 saturated carbocycles. The maximum atomic E-state index is 13.2. The lowest BCUT2D eigenvalue weighted by Gasteiger charge is -2.21. The lowest BCUT2D eigenvalue weighted by molar-refractivity contribution is -0.120. The molecule has 0 aliphatic rings. The second kappa shape index (κ2) is 9.15. The van der Waals surface area contributed by atoms with Crippen LogP contribution in [0.2, 0.25) is 0 Å². The van der Waals surface area contributed by atoms with Gasteiger partial charge in [0.1, 0.15) is 23.4 Å². The van der Waals surface area contributed by atoms with E-state index in [9.17, 15) is 9.18 Å². The van der Waals surface area contributed by atoms with Crippen molar-refractivity contribution in [2.24, 2.45) is 5.73 Å². The summed E-state index contributed by atoms with van der Waals surface area (Å²) in [6, 6.07) is 22.6. The van der Waals surface area contributed by atoms with E-state index >= 15 is 0 Å². The molecule has 0 heterocycles. The summed E-state index contributed by atoms with van der Waals surface area (Å²) in [7, 11) is 0. The Labute approximate surface area is 164 Å². The molecular weight excluding hydrogens is 355 g/mol. The van der Waals surface area contributed by atoms with Crippen LogP contribution in [0, 0.1) is 5.82 Å². The summed E-state index contributed by atoms with van der Waals surface area (Å²) in [5.74, 6) is 0.345. The number of rotatable bonds is 8. The van der Waals surface area contributed by atoms with Gasteiger partial charge in [0.05, 0.1) is 0 Å². The zero-order valence-electron chi connectivity index (χ0n) is 15.6. The first-order chi connectivity index (χ1) is 13.5. The van der Waals surface area contributed by atoms with Crippen LogP contribution in [0.1, 0.15) is 24.1 Å². The third-order valence-electron chi connectivity index (χ3n) is 4.37. The highest BCUT2D eigenvalue weighted by molar-refractivity contribution is 5.81. The van der Waals surface area contributed by atoms with Crippen molar-refractivity contribution >= 4 is 5.91 Å². The van der Waals surface area contributed by atoms with E-state index in [4.69, 9.17) is 10.5 Å². The van der Waals surface area contributed by atoms with Gasteiger partial charge >= 0.3 is 0 Å². The first kappa shape index (κ1) is 19.6. The Morgan fingerprint density at radius 3 is 2.36 bits per heavy atom. The van der Waals surface area contributed by atoms with Crippen molar-refractivity contribution in [1.82, 2.24) is 5.32 Å². The molecule has 3 aromatic rings. The van der Waals surface area contributed by atoms with Gasteiger partial charge in [-0.05, 0) is 48.7 Å². The van der Waals surface area contributed by atoms with Crippen LogP contribution in [0.4, 0.5) is 4.39 Å². The lowest BCUT2D eigenvalue weighted by atomic mass is 10.0. The minimum absolute atomic E-state index is 0.0349. The average molecular weight is 378 g/mol. The third kappa shape index (κ3) is 5.41. The molecule has 0 fully saturated rings. The topological polar surface area (TPSA) is 64.3 Å². The number of nitrogens with two attached hydrogens (primary N) is 1. The quantitative estimate of drug-likeness (QED) is 0.612. The molecule has 3 aromatic carbocycles. The summed E-state index contributed by atoms with van der Waals surface area (Å²) < 4.78 is 18.9. The molecule has 0 bridgehead atoms. The number of carbonyl (C=O) groups is 1. The molecule has 1 amide bonds. The van der Waals surface area contributed by atoms with E-state index in [0.29, 0.717) is 11.5 Å². The average Bonchev–Trinajstić information content (AvgIpc) is 2.68. The Balaban J connectivity index is 1.60. The highest BCUT2D eigenvalue weighted by atomic mass is 19.1. The van der Waals surface area contributed by atoms with E-state index in [2.05, 4.69) is 5.32 Å². The zero-order chi connectivity index (χ0) is 19.9. The van der Waals surface area contributed by atoms with Crippen LogP contribution < -0.4 is 15.8 Å². The summed E-state index contributed by atoms with van der Waals surface area (Å²) in [6.07, 6.45) is 0.719. The van der Waals surface area contributed by atoms with Gasteiger partial charge in [-0.25, -0.2) is 4.39 Å². The second-order valence-electron chi connectivity index (χ2n) is 6.72. The number of nitrogens with one attached hydrogen (secondary N) is 1. The number of hydrogen-bond donors (Lipinski definition) is 2. The largest absolute Gasteiger partial charge is 0.457 e. The van der Waals surface area contributed by atoms with E-state index in [1.54, 1.807) is 12.1 Å². The summed E-state index contributed by atoms with van der Waals surface area (Å²) in [5, 5.41) is 3.29. The van der Waals surface area contributed by atoms with E-state index in [1.165, 1.54) is 12.1 Å². The Morgan fingerprint density at radius 1 is 1.00 bits per heavy atom. The number of primary amides is 1. The summed E-state index contributed by atoms with van der Waals surface area (Å²) in [6.45, 7) is 2.01. The van der Waals surface area contributed by atoms with Gasteiger partial charge in [0, 0.05) is 12.1 Å². The van der Waals surface area contributed by atoms with Gasteiger partial charge in [-0.15, -0.1) is 0 Å². The molecule has 144 valence electrons. The van der Waals surface area contributed by atoms with E-state index < -0.39 is 11.9 Å². The summed E-state index contributed by atoms with van der Waals surface area (Å²) in [4.78, 5) is 11.8. The highest BCUT2D eigenvalue weighted by Crippen LogP contribution is 2.23. The van der Waals surface area contributed by atoms with Gasteiger partial charge in [0.25, 0.3) is 0 Å². The first-order valence-corrected chi connectivity index (χ1v) is 9.14. The summed E-state index contributed by atoms with van der Waals surface area (Å²) >= 11 is 0. The van der Waals surface area contributed by atoms with Crippen molar-refractivity contribution in [3.63, 3.8) is 0 Å². The van der Waals surface area contributed by atoms with Gasteiger partial charge < -0.3 is 10.5 Å². The van der Waals surface area contributed by atoms with Crippen LogP contribution in [0.5, 0.6) is 11.5 Å². The van der Waals surface area contributed by atoms with Crippen LogP contribution in [-0.4, -0.2) is 11.9 Å². The molecule has 0 aromatic heterocycles. The molecule has 2 atom stereocenters. The van der Waals surface area contributed by atoms with E-state index in [-0.39, 0.29) is 11.9 Å². The number of benzene rings is 3. The first-order valence-electron chi connectivity index (χ1n) is 9.14. The molecule has 0 saturated heterocycles. The van der Waals surface area contributed by atoms with Crippen molar-refractivity contribution in [1.29, 1.82) is 0 Å². The lowest BCUT2D eigenvalue weighted by Crippen LogP contribution is -2.39. The fourth-order valence-electron chi connectivity index (χ4n) is 3.05. The molecule has 3 N–H and O–H groups in total. The molecule has 0 aliphatic heterocycles. The number of hydrogen-bond acceptors (Lipinski definition) is 3. The van der Waals surface area contributed by atoms with Gasteiger partial charge in [0.15, 0.2) is 0 Å². The number of amides is 1. The minimum Gasteiger partial charge on any atom is -0.457 e. The van der Waals surface area contributed by atoms with Gasteiger partial charge in [-0.1, -0.05) is 48.5 Å². The zero-order valence-corrected chi connectivity index (χ0v) is 15.6. The SMILES string of the molecule is CC(Cc1ccc(Oc2cccc(F)c2)cc1)NC(C(N)=O)c1ccccc1. The van der Waals surface area contributed by atoms with Crippen molar-refractivity contribution in [2.45, 2.75) is 25.4 Å². The monoisotopic (exact) mass is 378 g/mol. The van der Waals surface area contributed by atoms with Crippen LogP contribution >= 0.6 is 0 Å². The van der Waals surface area contributed by atoms with E-state index in [1.807, 2.05) is 61.5 Å². The standard InChI is InChI=1S/C23H23FN2O2/c1-16(26-22(23(25)27)18-6-3-2-4-7-18)14-17-10-12-20(13-11-17)28-21-9-5-8-19(24)15-21/h2-13,15-16,22,26H,14H2,1H3,(H2,25,27). The highest BCUT2D eigenvalue weighted by Gasteiger charge is 2.19. The Morgan fingerprint density at radius 2 is 1.71 bits per heavy atom.